The second kappa shape index (κ2) is 5.46. The molecule has 0 nitrogen and oxygen atoms in total. The van der Waals surface area contributed by atoms with Gasteiger partial charge >= 0.3 is 0 Å². The normalized spacial score (nSPS) is 12.5. The number of alkyl halides is 1. The zero-order chi connectivity index (χ0) is 13.3. The van der Waals surface area contributed by atoms with Crippen LogP contribution in [0.3, 0.4) is 0 Å². The van der Waals surface area contributed by atoms with Crippen molar-refractivity contribution < 1.29 is 0 Å². The van der Waals surface area contributed by atoms with Crippen molar-refractivity contribution in [3.8, 4) is 0 Å². The Balaban J connectivity index is 2.42. The van der Waals surface area contributed by atoms with Crippen LogP contribution in [0.15, 0.2) is 36.4 Å². The smallest absolute Gasteiger partial charge is 0.0647 e. The van der Waals surface area contributed by atoms with Gasteiger partial charge in [0.1, 0.15) is 0 Å². The molecule has 0 heterocycles. The highest BCUT2D eigenvalue weighted by Gasteiger charge is 2.14. The van der Waals surface area contributed by atoms with Crippen molar-refractivity contribution in [2.45, 2.75) is 25.6 Å². The molecule has 0 amide bonds. The van der Waals surface area contributed by atoms with E-state index in [4.69, 9.17) is 11.6 Å². The summed E-state index contributed by atoms with van der Waals surface area (Å²) in [7, 11) is 0. The summed E-state index contributed by atoms with van der Waals surface area (Å²) in [5, 5.41) is 0.833. The van der Waals surface area contributed by atoms with Crippen molar-refractivity contribution in [2.24, 2.45) is 0 Å². The van der Waals surface area contributed by atoms with E-state index in [0.29, 0.717) is 0 Å². The van der Waals surface area contributed by atoms with Gasteiger partial charge in [0.2, 0.25) is 0 Å². The molecule has 2 heteroatoms. The van der Waals surface area contributed by atoms with Crippen LogP contribution in [0.2, 0.25) is 5.02 Å². The van der Waals surface area contributed by atoms with Gasteiger partial charge in [-0.25, -0.2) is 0 Å². The highest BCUT2D eigenvalue weighted by molar-refractivity contribution is 9.09. The Morgan fingerprint density at radius 3 is 2.17 bits per heavy atom. The van der Waals surface area contributed by atoms with E-state index in [2.05, 4.69) is 60.1 Å². The quantitative estimate of drug-likeness (QED) is 0.617. The largest absolute Gasteiger partial charge is 0.0840 e. The lowest BCUT2D eigenvalue weighted by Gasteiger charge is -2.15. The van der Waals surface area contributed by atoms with Gasteiger partial charge in [-0.3, -0.25) is 0 Å². The van der Waals surface area contributed by atoms with Crippen molar-refractivity contribution in [1.29, 1.82) is 0 Å². The Morgan fingerprint density at radius 2 is 1.56 bits per heavy atom. The van der Waals surface area contributed by atoms with Gasteiger partial charge in [-0.05, 0) is 49.1 Å². The van der Waals surface area contributed by atoms with Gasteiger partial charge in [-0.1, -0.05) is 63.4 Å². The topological polar surface area (TPSA) is 0 Å². The minimum Gasteiger partial charge on any atom is -0.0840 e. The van der Waals surface area contributed by atoms with Crippen molar-refractivity contribution in [2.75, 3.05) is 0 Å². The third-order valence-electron chi connectivity index (χ3n) is 3.19. The van der Waals surface area contributed by atoms with E-state index >= 15 is 0 Å². The van der Waals surface area contributed by atoms with Crippen LogP contribution < -0.4 is 0 Å². The van der Waals surface area contributed by atoms with Crippen LogP contribution in [-0.2, 0) is 0 Å². The van der Waals surface area contributed by atoms with Crippen LogP contribution in [-0.4, -0.2) is 0 Å². The summed E-state index contributed by atoms with van der Waals surface area (Å²) in [6, 6.07) is 12.8. The van der Waals surface area contributed by atoms with Crippen molar-refractivity contribution in [3.63, 3.8) is 0 Å². The Hall–Kier alpha value is -0.790. The molecule has 0 fully saturated rings. The summed E-state index contributed by atoms with van der Waals surface area (Å²) in [5.41, 5.74) is 6.16. The predicted molar refractivity (Wildman–Crippen MR) is 82.9 cm³/mol. The lowest BCUT2D eigenvalue weighted by atomic mass is 9.98. The fraction of sp³-hybridized carbons (Fsp3) is 0.250. The third-order valence-corrected chi connectivity index (χ3v) is 4.62. The zero-order valence-electron chi connectivity index (χ0n) is 10.8. The molecular weight excluding hydrogens is 308 g/mol. The van der Waals surface area contributed by atoms with Gasteiger partial charge in [-0.2, -0.15) is 0 Å². The maximum Gasteiger partial charge on any atom is 0.0647 e. The van der Waals surface area contributed by atoms with Gasteiger partial charge in [0.15, 0.2) is 0 Å². The standard InChI is InChI=1S/C16H16BrCl/c1-10-4-6-13(7-5-10)16(17)14-8-12(3)15(18)9-11(14)2/h4-9,16H,1-3H3. The van der Waals surface area contributed by atoms with E-state index in [1.807, 2.05) is 13.0 Å². The van der Waals surface area contributed by atoms with Gasteiger partial charge < -0.3 is 0 Å². The first-order valence-electron chi connectivity index (χ1n) is 5.96. The lowest BCUT2D eigenvalue weighted by molar-refractivity contribution is 1.13. The minimum atomic E-state index is 0.217. The molecule has 2 aromatic rings. The molecule has 0 spiro atoms. The summed E-state index contributed by atoms with van der Waals surface area (Å²) in [5.74, 6) is 0. The van der Waals surface area contributed by atoms with Crippen molar-refractivity contribution >= 4 is 27.5 Å². The summed E-state index contributed by atoms with van der Waals surface area (Å²) in [4.78, 5) is 0.217. The van der Waals surface area contributed by atoms with Crippen LogP contribution >= 0.6 is 27.5 Å². The first kappa shape index (κ1) is 13.6. The SMILES string of the molecule is Cc1ccc(C(Br)c2cc(C)c(Cl)cc2C)cc1. The Kier molecular flexibility index (Phi) is 4.14. The van der Waals surface area contributed by atoms with Gasteiger partial charge in [0.05, 0.1) is 4.83 Å². The molecule has 1 atom stereocenters. The lowest BCUT2D eigenvalue weighted by Crippen LogP contribution is -1.97. The predicted octanol–water partition coefficient (Wildman–Crippen LogP) is 5.75. The van der Waals surface area contributed by atoms with Gasteiger partial charge in [0, 0.05) is 5.02 Å². The van der Waals surface area contributed by atoms with Crippen LogP contribution in [0, 0.1) is 20.8 Å². The molecule has 0 aliphatic heterocycles. The van der Waals surface area contributed by atoms with E-state index in [9.17, 15) is 0 Å². The van der Waals surface area contributed by atoms with Crippen LogP contribution in [0.4, 0.5) is 0 Å². The number of rotatable bonds is 2. The van der Waals surface area contributed by atoms with Crippen molar-refractivity contribution in [1.82, 2.24) is 0 Å². The first-order valence-corrected chi connectivity index (χ1v) is 7.25. The molecule has 2 rings (SSSR count). The van der Waals surface area contributed by atoms with Crippen LogP contribution in [0.25, 0.3) is 0 Å². The highest BCUT2D eigenvalue weighted by atomic mass is 79.9. The minimum absolute atomic E-state index is 0.217. The van der Waals surface area contributed by atoms with E-state index < -0.39 is 0 Å². The van der Waals surface area contributed by atoms with E-state index in [1.165, 1.54) is 22.3 Å². The van der Waals surface area contributed by atoms with Crippen molar-refractivity contribution in [3.05, 3.63) is 69.2 Å². The second-order valence-electron chi connectivity index (χ2n) is 4.73. The summed E-state index contributed by atoms with van der Waals surface area (Å²) >= 11 is 9.93. The van der Waals surface area contributed by atoms with Crippen LogP contribution in [0.1, 0.15) is 32.6 Å². The molecule has 0 saturated carbocycles. The molecule has 0 saturated heterocycles. The average Bonchev–Trinajstić information content (AvgIpc) is 2.34. The number of benzene rings is 2. The first-order chi connectivity index (χ1) is 8.49. The fourth-order valence-corrected chi connectivity index (χ4v) is 3.01. The average molecular weight is 324 g/mol. The number of hydrogen-bond donors (Lipinski definition) is 0. The number of halogens is 2. The summed E-state index contributed by atoms with van der Waals surface area (Å²) in [6.45, 7) is 6.24. The Labute approximate surface area is 122 Å². The molecule has 0 N–H and O–H groups in total. The van der Waals surface area contributed by atoms with Gasteiger partial charge in [0.25, 0.3) is 0 Å². The molecule has 0 bridgehead atoms. The van der Waals surface area contributed by atoms with E-state index in [0.717, 1.165) is 10.6 Å². The Morgan fingerprint density at radius 1 is 0.944 bits per heavy atom. The summed E-state index contributed by atoms with van der Waals surface area (Å²) in [6.07, 6.45) is 0. The monoisotopic (exact) mass is 322 g/mol. The van der Waals surface area contributed by atoms with E-state index in [1.54, 1.807) is 0 Å². The zero-order valence-corrected chi connectivity index (χ0v) is 13.1. The molecule has 0 aliphatic rings. The molecule has 94 valence electrons. The van der Waals surface area contributed by atoms with Gasteiger partial charge in [-0.15, -0.1) is 0 Å². The highest BCUT2D eigenvalue weighted by Crippen LogP contribution is 2.35. The molecule has 2 aromatic carbocycles. The molecule has 0 aromatic heterocycles. The molecule has 18 heavy (non-hydrogen) atoms. The fourth-order valence-electron chi connectivity index (χ4n) is 1.99. The van der Waals surface area contributed by atoms with Crippen LogP contribution in [0.5, 0.6) is 0 Å². The molecule has 0 radical (unpaired) electrons. The summed E-state index contributed by atoms with van der Waals surface area (Å²) < 4.78 is 0. The number of aryl methyl sites for hydroxylation is 3. The molecule has 0 aliphatic carbocycles. The molecular formula is C16H16BrCl. The van der Waals surface area contributed by atoms with E-state index in [-0.39, 0.29) is 4.83 Å². The molecule has 1 unspecified atom stereocenters. The maximum atomic E-state index is 6.14. The maximum absolute atomic E-state index is 6.14. The second-order valence-corrected chi connectivity index (χ2v) is 6.05. The Bertz CT molecular complexity index is 558. The number of hydrogen-bond acceptors (Lipinski definition) is 0. The third kappa shape index (κ3) is 2.78.